The molecule has 7 nitrogen and oxygen atoms in total. The number of nitrogens with zero attached hydrogens (tertiary/aromatic N) is 3. The number of nitrogens with one attached hydrogen (secondary N) is 1. The highest BCUT2D eigenvalue weighted by atomic mass is 32.1. The van der Waals surface area contributed by atoms with Crippen molar-refractivity contribution in [3.63, 3.8) is 0 Å². The molecule has 8 heteroatoms. The number of pyridine rings is 1. The van der Waals surface area contributed by atoms with Crippen LogP contribution in [-0.2, 0) is 0 Å². The molecule has 1 saturated heterocycles. The molecule has 1 aromatic carbocycles. The third-order valence-electron chi connectivity index (χ3n) is 5.04. The highest BCUT2D eigenvalue weighted by Crippen LogP contribution is 2.41. The van der Waals surface area contributed by atoms with Crippen molar-refractivity contribution in [1.29, 1.82) is 0 Å². The fourth-order valence-corrected chi connectivity index (χ4v) is 4.12. The van der Waals surface area contributed by atoms with Crippen molar-refractivity contribution >= 4 is 23.0 Å². The summed E-state index contributed by atoms with van der Waals surface area (Å²) in [6.45, 7) is 5.02. The van der Waals surface area contributed by atoms with E-state index in [-0.39, 0.29) is 17.8 Å². The molecule has 0 unspecified atom stereocenters. The molecule has 3 aromatic rings. The van der Waals surface area contributed by atoms with Crippen molar-refractivity contribution in [1.82, 2.24) is 15.2 Å². The molecular weight excluding hydrogens is 400 g/mol. The number of para-hydroxylation sites is 1. The third-order valence-corrected chi connectivity index (χ3v) is 5.40. The summed E-state index contributed by atoms with van der Waals surface area (Å²) >= 11 is 5.62. The quantitative estimate of drug-likeness (QED) is 0.344. The maximum atomic E-state index is 11.4. The van der Waals surface area contributed by atoms with Gasteiger partial charge in [0.2, 0.25) is 0 Å². The second kappa shape index (κ2) is 8.23. The molecule has 1 fully saturated rings. The Morgan fingerprint density at radius 1 is 1.20 bits per heavy atom. The van der Waals surface area contributed by atoms with Gasteiger partial charge in [0.15, 0.2) is 5.11 Å². The number of benzene rings is 1. The standard InChI is InChI=1S/C22H22N4O3S/c1-14(2)13-25-21(20(24-22(25)30)16-8-5-6-12-23-16)19-11-10-18(29-19)15-7-3-4-9-17(15)26(27)28/h3-12,14,20-21H,13H2,1-2H3,(H,24,30)/t20-,21-/m1/s1. The van der Waals surface area contributed by atoms with Crippen molar-refractivity contribution in [3.8, 4) is 11.3 Å². The Bertz CT molecular complexity index is 1070. The molecule has 0 aliphatic carbocycles. The minimum absolute atomic E-state index is 0.0128. The number of nitro groups is 1. The smallest absolute Gasteiger partial charge is 0.280 e. The molecule has 154 valence electrons. The first-order valence-electron chi connectivity index (χ1n) is 9.77. The van der Waals surface area contributed by atoms with E-state index < -0.39 is 4.92 Å². The molecule has 4 rings (SSSR count). The van der Waals surface area contributed by atoms with Crippen LogP contribution in [-0.4, -0.2) is 26.5 Å². The molecule has 2 atom stereocenters. The molecule has 2 aromatic heterocycles. The monoisotopic (exact) mass is 422 g/mol. The van der Waals surface area contributed by atoms with Crippen LogP contribution in [0, 0.1) is 16.0 Å². The van der Waals surface area contributed by atoms with Crippen LogP contribution in [0.1, 0.15) is 37.4 Å². The second-order valence-corrected chi connectivity index (χ2v) is 8.04. The predicted molar refractivity (Wildman–Crippen MR) is 118 cm³/mol. The molecule has 0 spiro atoms. The summed E-state index contributed by atoms with van der Waals surface area (Å²) in [5.41, 5.74) is 1.32. The maximum Gasteiger partial charge on any atom is 0.280 e. The van der Waals surface area contributed by atoms with Crippen LogP contribution in [0.15, 0.2) is 65.2 Å². The van der Waals surface area contributed by atoms with E-state index in [1.54, 1.807) is 30.5 Å². The lowest BCUT2D eigenvalue weighted by Gasteiger charge is -2.27. The van der Waals surface area contributed by atoms with Crippen LogP contribution >= 0.6 is 12.2 Å². The van der Waals surface area contributed by atoms with Gasteiger partial charge < -0.3 is 14.6 Å². The summed E-state index contributed by atoms with van der Waals surface area (Å²) in [5, 5.41) is 15.5. The molecular formula is C22H22N4O3S. The molecule has 1 N–H and O–H groups in total. The van der Waals surface area contributed by atoms with E-state index in [0.29, 0.717) is 28.1 Å². The second-order valence-electron chi connectivity index (χ2n) is 7.65. The Hall–Kier alpha value is -3.26. The van der Waals surface area contributed by atoms with Gasteiger partial charge in [-0.05, 0) is 48.5 Å². The Morgan fingerprint density at radius 2 is 1.97 bits per heavy atom. The topological polar surface area (TPSA) is 84.4 Å². The lowest BCUT2D eigenvalue weighted by molar-refractivity contribution is -0.384. The lowest BCUT2D eigenvalue weighted by atomic mass is 10.0. The van der Waals surface area contributed by atoms with Crippen LogP contribution in [0.5, 0.6) is 0 Å². The zero-order valence-electron chi connectivity index (χ0n) is 16.7. The molecule has 30 heavy (non-hydrogen) atoms. The SMILES string of the molecule is CC(C)CN1C(=S)N[C@H](c2ccccn2)[C@H]1c1ccc(-c2ccccc2[N+](=O)[O-])o1. The fraction of sp³-hybridized carbons (Fsp3) is 0.273. The number of furan rings is 1. The van der Waals surface area contributed by atoms with Crippen molar-refractivity contribution in [2.24, 2.45) is 5.92 Å². The van der Waals surface area contributed by atoms with Gasteiger partial charge in [0, 0.05) is 18.8 Å². The van der Waals surface area contributed by atoms with Crippen molar-refractivity contribution in [3.05, 3.63) is 82.4 Å². The first kappa shape index (κ1) is 20.0. The molecule has 0 radical (unpaired) electrons. The van der Waals surface area contributed by atoms with E-state index >= 15 is 0 Å². The van der Waals surface area contributed by atoms with Gasteiger partial charge in [-0.15, -0.1) is 0 Å². The zero-order valence-corrected chi connectivity index (χ0v) is 17.5. The first-order valence-corrected chi connectivity index (χ1v) is 10.2. The molecule has 0 saturated carbocycles. The average Bonchev–Trinajstić information content (AvgIpc) is 3.33. The minimum atomic E-state index is -0.397. The van der Waals surface area contributed by atoms with E-state index in [4.69, 9.17) is 16.6 Å². The van der Waals surface area contributed by atoms with Crippen molar-refractivity contribution in [2.45, 2.75) is 25.9 Å². The Kier molecular flexibility index (Phi) is 5.50. The summed E-state index contributed by atoms with van der Waals surface area (Å²) in [6, 6.07) is 15.6. The molecule has 3 heterocycles. The summed E-state index contributed by atoms with van der Waals surface area (Å²) in [5.74, 6) is 1.53. The maximum absolute atomic E-state index is 11.4. The van der Waals surface area contributed by atoms with Crippen LogP contribution < -0.4 is 5.32 Å². The van der Waals surface area contributed by atoms with Gasteiger partial charge in [-0.25, -0.2) is 0 Å². The van der Waals surface area contributed by atoms with Gasteiger partial charge in [0.1, 0.15) is 17.6 Å². The third kappa shape index (κ3) is 3.78. The van der Waals surface area contributed by atoms with Crippen LogP contribution in [0.2, 0.25) is 0 Å². The normalized spacial score (nSPS) is 18.6. The molecule has 1 aliphatic heterocycles. The minimum Gasteiger partial charge on any atom is -0.459 e. The predicted octanol–water partition coefficient (Wildman–Crippen LogP) is 4.88. The van der Waals surface area contributed by atoms with E-state index in [0.717, 1.165) is 12.2 Å². The molecule has 0 amide bonds. The first-order chi connectivity index (χ1) is 14.5. The van der Waals surface area contributed by atoms with E-state index in [9.17, 15) is 10.1 Å². The van der Waals surface area contributed by atoms with Crippen LogP contribution in [0.25, 0.3) is 11.3 Å². The van der Waals surface area contributed by atoms with Gasteiger partial charge in [-0.2, -0.15) is 0 Å². The van der Waals surface area contributed by atoms with Crippen molar-refractivity contribution in [2.75, 3.05) is 6.54 Å². The van der Waals surface area contributed by atoms with E-state index in [1.807, 2.05) is 24.3 Å². The van der Waals surface area contributed by atoms with E-state index in [1.165, 1.54) is 6.07 Å². The Morgan fingerprint density at radius 3 is 2.67 bits per heavy atom. The van der Waals surface area contributed by atoms with Crippen LogP contribution in [0.4, 0.5) is 5.69 Å². The van der Waals surface area contributed by atoms with Crippen LogP contribution in [0.3, 0.4) is 0 Å². The largest absolute Gasteiger partial charge is 0.459 e. The average molecular weight is 423 g/mol. The number of hydrogen-bond donors (Lipinski definition) is 1. The number of nitro benzene ring substituents is 1. The van der Waals surface area contributed by atoms with E-state index in [2.05, 4.69) is 29.0 Å². The van der Waals surface area contributed by atoms with Gasteiger partial charge >= 0.3 is 0 Å². The summed E-state index contributed by atoms with van der Waals surface area (Å²) in [4.78, 5) is 17.7. The van der Waals surface area contributed by atoms with Gasteiger partial charge in [0.05, 0.1) is 22.2 Å². The number of hydrogen-bond acceptors (Lipinski definition) is 5. The number of rotatable bonds is 6. The lowest BCUT2D eigenvalue weighted by Crippen LogP contribution is -2.32. The summed E-state index contributed by atoms with van der Waals surface area (Å²) < 4.78 is 6.18. The number of aromatic nitrogens is 1. The molecule has 0 bridgehead atoms. The number of thiocarbonyl (C=S) groups is 1. The fourth-order valence-electron chi connectivity index (χ4n) is 3.80. The van der Waals surface area contributed by atoms with Gasteiger partial charge in [-0.1, -0.05) is 32.0 Å². The summed E-state index contributed by atoms with van der Waals surface area (Å²) in [6.07, 6.45) is 1.75. The highest BCUT2D eigenvalue weighted by Gasteiger charge is 2.41. The zero-order chi connectivity index (χ0) is 21.3. The Balaban J connectivity index is 1.76. The van der Waals surface area contributed by atoms with Gasteiger partial charge in [-0.3, -0.25) is 15.1 Å². The van der Waals surface area contributed by atoms with Crippen molar-refractivity contribution < 1.29 is 9.34 Å². The Labute approximate surface area is 179 Å². The van der Waals surface area contributed by atoms with Gasteiger partial charge in [0.25, 0.3) is 5.69 Å². The highest BCUT2D eigenvalue weighted by molar-refractivity contribution is 7.80. The summed E-state index contributed by atoms with van der Waals surface area (Å²) in [7, 11) is 0. The molecule has 1 aliphatic rings.